The Morgan fingerprint density at radius 1 is 1.11 bits per heavy atom. The van der Waals surface area contributed by atoms with E-state index in [0.29, 0.717) is 48.3 Å². The Bertz CT molecular complexity index is 1220. The number of hydrogen-bond acceptors (Lipinski definition) is 5. The van der Waals surface area contributed by atoms with Gasteiger partial charge in [0.25, 0.3) is 0 Å². The van der Waals surface area contributed by atoms with Gasteiger partial charge in [-0.1, -0.05) is 6.92 Å². The Labute approximate surface area is 207 Å². The van der Waals surface area contributed by atoms with Crippen LogP contribution in [0.15, 0.2) is 47.4 Å². The Morgan fingerprint density at radius 2 is 1.77 bits per heavy atom. The summed E-state index contributed by atoms with van der Waals surface area (Å²) >= 11 is 0. The van der Waals surface area contributed by atoms with Crippen molar-refractivity contribution in [1.82, 2.24) is 4.31 Å². The van der Waals surface area contributed by atoms with E-state index in [1.807, 2.05) is 6.92 Å². The first-order chi connectivity index (χ1) is 16.5. The number of carbonyl (C=O) groups excluding carboxylic acids is 2. The summed E-state index contributed by atoms with van der Waals surface area (Å²) in [5, 5.41) is 2.81. The molecule has 1 saturated heterocycles. The molecule has 0 saturated carbocycles. The van der Waals surface area contributed by atoms with Gasteiger partial charge in [-0.2, -0.15) is 4.31 Å². The molecule has 0 radical (unpaired) electrons. The van der Waals surface area contributed by atoms with Crippen molar-refractivity contribution in [1.29, 1.82) is 0 Å². The summed E-state index contributed by atoms with van der Waals surface area (Å²) in [7, 11) is -3.65. The van der Waals surface area contributed by atoms with Gasteiger partial charge in [0.05, 0.1) is 16.9 Å². The second kappa shape index (κ2) is 9.62. The zero-order chi connectivity index (χ0) is 25.4. The summed E-state index contributed by atoms with van der Waals surface area (Å²) in [6, 6.07) is 11.8. The van der Waals surface area contributed by atoms with E-state index < -0.39 is 15.4 Å². The highest BCUT2D eigenvalue weighted by molar-refractivity contribution is 7.89. The number of fused-ring (bicyclic) bond motifs is 1. The van der Waals surface area contributed by atoms with E-state index in [4.69, 9.17) is 4.74 Å². The summed E-state index contributed by atoms with van der Waals surface area (Å²) in [6.45, 7) is 8.94. The van der Waals surface area contributed by atoms with Crippen molar-refractivity contribution in [3.8, 4) is 5.75 Å². The number of carbonyl (C=O) groups is 2. The average Bonchev–Trinajstić information content (AvgIpc) is 3.01. The zero-order valence-corrected chi connectivity index (χ0v) is 21.5. The maximum absolute atomic E-state index is 13.3. The van der Waals surface area contributed by atoms with Crippen molar-refractivity contribution in [2.75, 3.05) is 36.5 Å². The molecule has 0 spiro atoms. The minimum atomic E-state index is -3.65. The Balaban J connectivity index is 1.54. The van der Waals surface area contributed by atoms with Crippen LogP contribution in [0.3, 0.4) is 0 Å². The van der Waals surface area contributed by atoms with Crippen LogP contribution in [0, 0.1) is 5.92 Å². The number of benzene rings is 2. The number of ether oxygens (including phenoxy) is 1. The quantitative estimate of drug-likeness (QED) is 0.626. The molecule has 2 amide bonds. The van der Waals surface area contributed by atoms with Gasteiger partial charge in [-0.25, -0.2) is 8.42 Å². The Kier molecular flexibility index (Phi) is 6.92. The maximum atomic E-state index is 13.3. The molecule has 0 aliphatic carbocycles. The summed E-state index contributed by atoms with van der Waals surface area (Å²) in [6.07, 6.45) is 1.68. The lowest BCUT2D eigenvalue weighted by Gasteiger charge is -2.29. The van der Waals surface area contributed by atoms with E-state index in [1.165, 1.54) is 15.3 Å². The molecule has 1 fully saturated rings. The van der Waals surface area contributed by atoms with Crippen molar-refractivity contribution in [2.45, 2.75) is 50.8 Å². The molecular formula is C26H33N3O5S. The van der Waals surface area contributed by atoms with E-state index in [1.54, 1.807) is 50.2 Å². The fourth-order valence-electron chi connectivity index (χ4n) is 4.65. The van der Waals surface area contributed by atoms with Gasteiger partial charge in [0.2, 0.25) is 21.8 Å². The van der Waals surface area contributed by atoms with Crippen molar-refractivity contribution < 1.29 is 22.7 Å². The van der Waals surface area contributed by atoms with E-state index in [-0.39, 0.29) is 23.3 Å². The van der Waals surface area contributed by atoms with Gasteiger partial charge in [0.15, 0.2) is 0 Å². The van der Waals surface area contributed by atoms with Gasteiger partial charge in [0, 0.05) is 24.5 Å². The largest absolute Gasteiger partial charge is 0.494 e. The van der Waals surface area contributed by atoms with Gasteiger partial charge in [-0.05, 0) is 87.6 Å². The van der Waals surface area contributed by atoms with Crippen molar-refractivity contribution >= 4 is 33.2 Å². The molecule has 0 unspecified atom stereocenters. The van der Waals surface area contributed by atoms with Gasteiger partial charge < -0.3 is 15.0 Å². The van der Waals surface area contributed by atoms with Crippen LogP contribution in [-0.2, 0) is 25.0 Å². The van der Waals surface area contributed by atoms with Crippen LogP contribution >= 0.6 is 0 Å². The number of amides is 2. The lowest BCUT2D eigenvalue weighted by molar-refractivity contribution is -0.124. The molecule has 2 aliphatic rings. The van der Waals surface area contributed by atoms with Crippen molar-refractivity contribution in [3.05, 3.63) is 48.0 Å². The highest BCUT2D eigenvalue weighted by Gasteiger charge is 2.45. The number of nitrogens with one attached hydrogen (secondary N) is 1. The SMILES string of the molecule is CCOc1ccc(NC(=O)CN2C(=O)C(C)(C)c3cc(S(=O)(=O)N4CCC(C)CC4)ccc32)cc1. The molecule has 0 atom stereocenters. The molecule has 2 aromatic carbocycles. The van der Waals surface area contributed by atoms with E-state index in [0.717, 1.165) is 12.8 Å². The fraction of sp³-hybridized carbons (Fsp3) is 0.462. The second-order valence-electron chi connectivity index (χ2n) is 9.79. The summed E-state index contributed by atoms with van der Waals surface area (Å²) in [5.41, 5.74) is 0.828. The molecule has 0 aromatic heterocycles. The van der Waals surface area contributed by atoms with Gasteiger partial charge in [-0.3, -0.25) is 9.59 Å². The van der Waals surface area contributed by atoms with Crippen molar-refractivity contribution in [3.63, 3.8) is 0 Å². The average molecular weight is 500 g/mol. The molecule has 8 nitrogen and oxygen atoms in total. The molecule has 2 heterocycles. The molecule has 188 valence electrons. The van der Waals surface area contributed by atoms with Gasteiger partial charge >= 0.3 is 0 Å². The number of nitrogens with zero attached hydrogens (tertiary/aromatic N) is 2. The van der Waals surface area contributed by atoms with E-state index in [2.05, 4.69) is 12.2 Å². The van der Waals surface area contributed by atoms with Crippen LogP contribution < -0.4 is 15.0 Å². The van der Waals surface area contributed by atoms with Crippen molar-refractivity contribution in [2.24, 2.45) is 5.92 Å². The molecule has 2 aliphatic heterocycles. The first-order valence-corrected chi connectivity index (χ1v) is 13.5. The number of hydrogen-bond donors (Lipinski definition) is 1. The van der Waals surface area contributed by atoms with Crippen LogP contribution in [0.4, 0.5) is 11.4 Å². The monoisotopic (exact) mass is 499 g/mol. The number of piperidine rings is 1. The maximum Gasteiger partial charge on any atom is 0.244 e. The van der Waals surface area contributed by atoms with Gasteiger partial charge in [0.1, 0.15) is 12.3 Å². The molecular weight excluding hydrogens is 466 g/mol. The topological polar surface area (TPSA) is 96.0 Å². The third-order valence-electron chi connectivity index (χ3n) is 6.84. The molecule has 4 rings (SSSR count). The lowest BCUT2D eigenvalue weighted by Crippen LogP contribution is -2.40. The Morgan fingerprint density at radius 3 is 2.40 bits per heavy atom. The van der Waals surface area contributed by atoms with Crippen LogP contribution in [0.1, 0.15) is 46.1 Å². The standard InChI is InChI=1S/C26H33N3O5S/c1-5-34-20-8-6-19(7-9-20)27-24(30)17-29-23-11-10-21(16-22(23)26(3,4)25(29)31)35(32,33)28-14-12-18(2)13-15-28/h6-11,16,18H,5,12-15,17H2,1-4H3,(H,27,30). The van der Waals surface area contributed by atoms with Crippen LogP contribution in [-0.4, -0.2) is 50.8 Å². The molecule has 9 heteroatoms. The minimum absolute atomic E-state index is 0.168. The lowest BCUT2D eigenvalue weighted by atomic mass is 9.86. The van der Waals surface area contributed by atoms with Crippen LogP contribution in [0.5, 0.6) is 5.75 Å². The highest BCUT2D eigenvalue weighted by Crippen LogP contribution is 2.43. The second-order valence-corrected chi connectivity index (χ2v) is 11.7. The number of sulfonamides is 1. The first-order valence-electron chi connectivity index (χ1n) is 12.0. The third kappa shape index (κ3) is 4.92. The summed E-state index contributed by atoms with van der Waals surface area (Å²) < 4.78 is 33.5. The zero-order valence-electron chi connectivity index (χ0n) is 20.7. The minimum Gasteiger partial charge on any atom is -0.494 e. The summed E-state index contributed by atoms with van der Waals surface area (Å²) in [5.74, 6) is 0.641. The summed E-state index contributed by atoms with van der Waals surface area (Å²) in [4.78, 5) is 27.6. The number of anilines is 2. The first kappa shape index (κ1) is 25.2. The fourth-order valence-corrected chi connectivity index (χ4v) is 6.15. The molecule has 1 N–H and O–H groups in total. The smallest absolute Gasteiger partial charge is 0.244 e. The Hall–Kier alpha value is -2.91. The van der Waals surface area contributed by atoms with Crippen LogP contribution in [0.2, 0.25) is 0 Å². The van der Waals surface area contributed by atoms with E-state index >= 15 is 0 Å². The normalized spacial score (nSPS) is 18.4. The van der Waals surface area contributed by atoms with E-state index in [9.17, 15) is 18.0 Å². The van der Waals surface area contributed by atoms with Gasteiger partial charge in [-0.15, -0.1) is 0 Å². The third-order valence-corrected chi connectivity index (χ3v) is 8.74. The molecule has 2 aromatic rings. The molecule has 0 bridgehead atoms. The highest BCUT2D eigenvalue weighted by atomic mass is 32.2. The predicted octanol–water partition coefficient (Wildman–Crippen LogP) is 3.77. The number of rotatable bonds is 7. The molecule has 35 heavy (non-hydrogen) atoms. The van der Waals surface area contributed by atoms with Crippen LogP contribution in [0.25, 0.3) is 0 Å². The predicted molar refractivity (Wildman–Crippen MR) is 135 cm³/mol.